The van der Waals surface area contributed by atoms with Crippen LogP contribution in [0.15, 0.2) is 42.6 Å². The number of carbonyl (C=O) groups is 1. The fourth-order valence-electron chi connectivity index (χ4n) is 7.17. The molecule has 236 valence electrons. The third-order valence-corrected chi connectivity index (χ3v) is 9.40. The number of rotatable bonds is 5. The van der Waals surface area contributed by atoms with Crippen molar-refractivity contribution in [2.45, 2.75) is 77.1 Å². The normalized spacial score (nSPS) is 22.0. The quantitative estimate of drug-likeness (QED) is 0.258. The van der Waals surface area contributed by atoms with Crippen molar-refractivity contribution in [2.75, 3.05) is 38.2 Å². The molecule has 0 aliphatic carbocycles. The molecule has 5 heterocycles. The maximum absolute atomic E-state index is 16.7. The molecule has 10 heteroatoms. The number of likely N-dealkylation sites (N-methyl/N-ethyl adjacent to an activating group) is 1. The smallest absolute Gasteiger partial charge is 0.410 e. The number of likely N-dealkylation sites (tertiary alicyclic amines) is 1. The Morgan fingerprint density at radius 1 is 1.04 bits per heavy atom. The highest BCUT2D eigenvalue weighted by molar-refractivity contribution is 5.99. The number of hydrogen-bond donors (Lipinski definition) is 0. The summed E-state index contributed by atoms with van der Waals surface area (Å²) in [6, 6.07) is 12.4. The number of aryl methyl sites for hydroxylation is 1. The summed E-state index contributed by atoms with van der Waals surface area (Å²) in [5, 5.41) is 2.49. The van der Waals surface area contributed by atoms with Gasteiger partial charge in [0.1, 0.15) is 29.2 Å². The van der Waals surface area contributed by atoms with E-state index >= 15 is 4.39 Å². The van der Waals surface area contributed by atoms with Gasteiger partial charge in [0.2, 0.25) is 0 Å². The summed E-state index contributed by atoms with van der Waals surface area (Å²) in [7, 11) is 2.09. The Bertz CT molecular complexity index is 1760. The summed E-state index contributed by atoms with van der Waals surface area (Å²) in [6.45, 7) is 10.3. The number of ether oxygens (including phenoxy) is 2. The van der Waals surface area contributed by atoms with Crippen LogP contribution in [-0.4, -0.2) is 87.9 Å². The van der Waals surface area contributed by atoms with Crippen LogP contribution in [0.25, 0.3) is 32.9 Å². The highest BCUT2D eigenvalue weighted by atomic mass is 19.1. The molecular weight excluding hydrogens is 571 g/mol. The molecule has 0 N–H and O–H groups in total. The van der Waals surface area contributed by atoms with Gasteiger partial charge >= 0.3 is 12.1 Å². The van der Waals surface area contributed by atoms with Crippen LogP contribution in [0, 0.1) is 12.7 Å². The second-order valence-electron chi connectivity index (χ2n) is 13.8. The third-order valence-electron chi connectivity index (χ3n) is 9.40. The lowest BCUT2D eigenvalue weighted by Crippen LogP contribution is -2.57. The standard InChI is InChI=1S/C35H41FN6O3/c1-21-11-14-26-22(16-21)8-6-10-27(26)30-29(36)31-28(17-37-30)32(39-33(38-31)44-20-25-9-7-15-40(25)5)41-18-23-12-13-24(19-41)42(23)34(43)45-35(2,3)4/h6,8,10-11,14,16-17,23-25H,7,9,12-13,15,18-20H2,1-5H3/t23-,24+,25-/m0/s1. The number of pyridine rings is 1. The van der Waals surface area contributed by atoms with Crippen LogP contribution in [-0.2, 0) is 4.74 Å². The summed E-state index contributed by atoms with van der Waals surface area (Å²) in [4.78, 5) is 33.6. The minimum absolute atomic E-state index is 0.0312. The van der Waals surface area contributed by atoms with Crippen molar-refractivity contribution in [3.05, 3.63) is 54.0 Å². The average Bonchev–Trinajstić information content (AvgIpc) is 3.53. The SMILES string of the molecule is Cc1ccc2c(-c3ncc4c(N5C[C@H]6CC[C@@H](C5)N6C(=O)OC(C)(C)C)nc(OC[C@@H]5CCCN5C)nc4c3F)cccc2c1. The lowest BCUT2D eigenvalue weighted by atomic mass is 9.99. The van der Waals surface area contributed by atoms with Gasteiger partial charge < -0.3 is 19.3 Å². The summed E-state index contributed by atoms with van der Waals surface area (Å²) < 4.78 is 28.6. The fourth-order valence-corrected chi connectivity index (χ4v) is 7.17. The number of anilines is 1. The van der Waals surface area contributed by atoms with E-state index in [9.17, 15) is 4.79 Å². The van der Waals surface area contributed by atoms with Gasteiger partial charge in [0.25, 0.3) is 0 Å². The molecule has 3 saturated heterocycles. The molecule has 3 aliphatic heterocycles. The van der Waals surface area contributed by atoms with Gasteiger partial charge in [0, 0.05) is 30.9 Å². The molecular formula is C35H41FN6O3. The average molecular weight is 613 g/mol. The Balaban J connectivity index is 1.28. The van der Waals surface area contributed by atoms with Crippen molar-refractivity contribution >= 4 is 33.6 Å². The van der Waals surface area contributed by atoms with Gasteiger partial charge in [-0.05, 0) is 77.7 Å². The number of fused-ring (bicyclic) bond motifs is 4. The van der Waals surface area contributed by atoms with Crippen LogP contribution >= 0.6 is 0 Å². The van der Waals surface area contributed by atoms with Crippen LogP contribution in [0.2, 0.25) is 0 Å². The Hall–Kier alpha value is -4.05. The third kappa shape index (κ3) is 5.65. The highest BCUT2D eigenvalue weighted by Crippen LogP contribution is 2.38. The first-order valence-electron chi connectivity index (χ1n) is 16.0. The largest absolute Gasteiger partial charge is 0.462 e. The molecule has 4 aromatic rings. The minimum atomic E-state index is -0.569. The summed E-state index contributed by atoms with van der Waals surface area (Å²) >= 11 is 0. The van der Waals surface area contributed by atoms with Gasteiger partial charge in [0.15, 0.2) is 5.82 Å². The Morgan fingerprint density at radius 3 is 2.53 bits per heavy atom. The zero-order valence-electron chi connectivity index (χ0n) is 26.7. The Kier molecular flexibility index (Phi) is 7.50. The van der Waals surface area contributed by atoms with E-state index in [0.717, 1.165) is 48.6 Å². The number of halogens is 1. The molecule has 0 saturated carbocycles. The van der Waals surface area contributed by atoms with E-state index in [0.29, 0.717) is 36.5 Å². The summed E-state index contributed by atoms with van der Waals surface area (Å²) in [5.41, 5.74) is 1.72. The summed E-state index contributed by atoms with van der Waals surface area (Å²) in [5.74, 6) is 0.0874. The first kappa shape index (κ1) is 29.6. The van der Waals surface area contributed by atoms with Crippen LogP contribution in [0.1, 0.15) is 52.0 Å². The number of hydrogen-bond acceptors (Lipinski definition) is 8. The molecule has 45 heavy (non-hydrogen) atoms. The number of amides is 1. The maximum Gasteiger partial charge on any atom is 0.410 e. The molecule has 1 amide bonds. The van der Waals surface area contributed by atoms with Gasteiger partial charge in [0.05, 0.1) is 17.5 Å². The molecule has 3 fully saturated rings. The molecule has 2 bridgehead atoms. The zero-order valence-corrected chi connectivity index (χ0v) is 26.7. The van der Waals surface area contributed by atoms with Crippen molar-refractivity contribution in [2.24, 2.45) is 0 Å². The molecule has 0 radical (unpaired) electrons. The second-order valence-corrected chi connectivity index (χ2v) is 13.8. The van der Waals surface area contributed by atoms with Crippen LogP contribution in [0.5, 0.6) is 6.01 Å². The number of carbonyl (C=O) groups excluding carboxylic acids is 1. The number of nitrogens with zero attached hydrogens (tertiary/aromatic N) is 6. The lowest BCUT2D eigenvalue weighted by molar-refractivity contribution is 0.0122. The monoisotopic (exact) mass is 612 g/mol. The first-order chi connectivity index (χ1) is 21.6. The van der Waals surface area contributed by atoms with Crippen molar-refractivity contribution in [1.82, 2.24) is 24.8 Å². The molecule has 0 spiro atoms. The zero-order chi connectivity index (χ0) is 31.5. The highest BCUT2D eigenvalue weighted by Gasteiger charge is 2.45. The van der Waals surface area contributed by atoms with E-state index in [4.69, 9.17) is 14.5 Å². The van der Waals surface area contributed by atoms with E-state index in [-0.39, 0.29) is 41.4 Å². The molecule has 7 rings (SSSR count). The predicted molar refractivity (Wildman–Crippen MR) is 173 cm³/mol. The van der Waals surface area contributed by atoms with Crippen LogP contribution in [0.4, 0.5) is 15.0 Å². The first-order valence-corrected chi connectivity index (χ1v) is 16.0. The van der Waals surface area contributed by atoms with Crippen molar-refractivity contribution in [3.8, 4) is 17.3 Å². The predicted octanol–water partition coefficient (Wildman–Crippen LogP) is 6.35. The number of benzene rings is 2. The molecule has 9 nitrogen and oxygen atoms in total. The van der Waals surface area contributed by atoms with Crippen LogP contribution in [0.3, 0.4) is 0 Å². The van der Waals surface area contributed by atoms with Crippen molar-refractivity contribution in [1.29, 1.82) is 0 Å². The Labute approximate surface area is 263 Å². The van der Waals surface area contributed by atoms with Gasteiger partial charge in [-0.15, -0.1) is 0 Å². The van der Waals surface area contributed by atoms with E-state index in [1.807, 2.05) is 62.9 Å². The number of piperazine rings is 1. The maximum atomic E-state index is 16.7. The lowest BCUT2D eigenvalue weighted by Gasteiger charge is -2.42. The topological polar surface area (TPSA) is 83.9 Å². The molecule has 2 aromatic carbocycles. The van der Waals surface area contributed by atoms with Gasteiger partial charge in [-0.2, -0.15) is 9.97 Å². The van der Waals surface area contributed by atoms with E-state index < -0.39 is 11.4 Å². The number of aromatic nitrogens is 3. The van der Waals surface area contributed by atoms with Crippen molar-refractivity contribution < 1.29 is 18.7 Å². The fraction of sp³-hybridized carbons (Fsp3) is 0.486. The van der Waals surface area contributed by atoms with Gasteiger partial charge in [-0.1, -0.05) is 42.0 Å². The van der Waals surface area contributed by atoms with E-state index in [1.165, 1.54) is 0 Å². The van der Waals surface area contributed by atoms with Crippen LogP contribution < -0.4 is 9.64 Å². The minimum Gasteiger partial charge on any atom is -0.462 e. The second kappa shape index (κ2) is 11.4. The molecule has 2 aromatic heterocycles. The molecule has 3 atom stereocenters. The Morgan fingerprint density at radius 2 is 1.82 bits per heavy atom. The summed E-state index contributed by atoms with van der Waals surface area (Å²) in [6.07, 6.45) is 5.31. The van der Waals surface area contributed by atoms with E-state index in [1.54, 1.807) is 6.20 Å². The van der Waals surface area contributed by atoms with E-state index in [2.05, 4.69) is 32.9 Å². The van der Waals surface area contributed by atoms with Gasteiger partial charge in [-0.25, -0.2) is 9.18 Å². The van der Waals surface area contributed by atoms with Gasteiger partial charge in [-0.3, -0.25) is 9.88 Å². The van der Waals surface area contributed by atoms with Crippen molar-refractivity contribution in [3.63, 3.8) is 0 Å². The molecule has 0 unspecified atom stereocenters. The molecule has 3 aliphatic rings.